The molecule has 6 heteroatoms. The van der Waals surface area contributed by atoms with E-state index in [1.807, 2.05) is 0 Å². The number of halogens is 3. The first-order valence-corrected chi connectivity index (χ1v) is 4.60. The Morgan fingerprint density at radius 3 is 2.69 bits per heavy atom. The first kappa shape index (κ1) is 12.6. The standard InChI is InChI=1S/C10H12F3NO2/c1-15-6-5-14-8-3-2-4-9(7-8)16-10(11,12)13/h2-4,7,14H,5-6H2,1H3. The summed E-state index contributed by atoms with van der Waals surface area (Å²) in [5, 5.41) is 2.90. The Kier molecular flexibility index (Phi) is 4.42. The number of methoxy groups -OCH3 is 1. The van der Waals surface area contributed by atoms with Crippen molar-refractivity contribution in [3.05, 3.63) is 24.3 Å². The van der Waals surface area contributed by atoms with Crippen LogP contribution in [0.3, 0.4) is 0 Å². The van der Waals surface area contributed by atoms with Crippen LogP contribution in [-0.4, -0.2) is 26.6 Å². The van der Waals surface area contributed by atoms with E-state index >= 15 is 0 Å². The molecule has 0 aliphatic rings. The molecular weight excluding hydrogens is 223 g/mol. The van der Waals surface area contributed by atoms with Gasteiger partial charge in [0.05, 0.1) is 6.61 Å². The maximum Gasteiger partial charge on any atom is 0.573 e. The highest BCUT2D eigenvalue weighted by Gasteiger charge is 2.31. The average Bonchev–Trinajstić information content (AvgIpc) is 2.16. The van der Waals surface area contributed by atoms with Crippen molar-refractivity contribution in [3.8, 4) is 5.75 Å². The lowest BCUT2D eigenvalue weighted by atomic mass is 10.3. The monoisotopic (exact) mass is 235 g/mol. The van der Waals surface area contributed by atoms with Gasteiger partial charge >= 0.3 is 6.36 Å². The highest BCUT2D eigenvalue weighted by Crippen LogP contribution is 2.24. The smallest absolute Gasteiger partial charge is 0.406 e. The predicted octanol–water partition coefficient (Wildman–Crippen LogP) is 2.64. The Bertz CT molecular complexity index is 328. The number of hydrogen-bond acceptors (Lipinski definition) is 3. The lowest BCUT2D eigenvalue weighted by molar-refractivity contribution is -0.274. The second-order valence-corrected chi connectivity index (χ2v) is 3.00. The molecule has 0 radical (unpaired) electrons. The molecule has 0 aliphatic carbocycles. The number of alkyl halides is 3. The van der Waals surface area contributed by atoms with Gasteiger partial charge in [0.25, 0.3) is 0 Å². The number of rotatable bonds is 5. The molecule has 1 aromatic carbocycles. The summed E-state index contributed by atoms with van der Waals surface area (Å²) in [7, 11) is 1.55. The third-order valence-corrected chi connectivity index (χ3v) is 1.70. The molecule has 0 aliphatic heterocycles. The van der Waals surface area contributed by atoms with E-state index in [4.69, 9.17) is 4.74 Å². The average molecular weight is 235 g/mol. The molecule has 0 atom stereocenters. The molecule has 1 aromatic rings. The van der Waals surface area contributed by atoms with E-state index in [9.17, 15) is 13.2 Å². The Labute approximate surface area is 91.2 Å². The van der Waals surface area contributed by atoms with Crippen LogP contribution in [-0.2, 0) is 4.74 Å². The van der Waals surface area contributed by atoms with Crippen molar-refractivity contribution < 1.29 is 22.6 Å². The first-order chi connectivity index (χ1) is 7.51. The molecular formula is C10H12F3NO2. The van der Waals surface area contributed by atoms with E-state index in [1.165, 1.54) is 18.2 Å². The van der Waals surface area contributed by atoms with E-state index in [0.717, 1.165) is 0 Å². The third kappa shape index (κ3) is 4.88. The lowest BCUT2D eigenvalue weighted by Gasteiger charge is -2.10. The fourth-order valence-corrected chi connectivity index (χ4v) is 1.10. The van der Waals surface area contributed by atoms with Gasteiger partial charge in [0.1, 0.15) is 5.75 Å². The number of ether oxygens (including phenoxy) is 2. The van der Waals surface area contributed by atoms with E-state index in [0.29, 0.717) is 18.8 Å². The van der Waals surface area contributed by atoms with Gasteiger partial charge in [0, 0.05) is 25.4 Å². The molecule has 0 spiro atoms. The van der Waals surface area contributed by atoms with Gasteiger partial charge in [-0.3, -0.25) is 0 Å². The zero-order valence-electron chi connectivity index (χ0n) is 8.67. The van der Waals surface area contributed by atoms with Gasteiger partial charge in [0.2, 0.25) is 0 Å². The maximum atomic E-state index is 11.9. The predicted molar refractivity (Wildman–Crippen MR) is 53.5 cm³/mol. The molecule has 0 unspecified atom stereocenters. The minimum Gasteiger partial charge on any atom is -0.406 e. The zero-order chi connectivity index (χ0) is 12.0. The van der Waals surface area contributed by atoms with Crippen LogP contribution < -0.4 is 10.1 Å². The summed E-state index contributed by atoms with van der Waals surface area (Å²) in [6.45, 7) is 0.996. The fraction of sp³-hybridized carbons (Fsp3) is 0.400. The Morgan fingerprint density at radius 2 is 2.06 bits per heavy atom. The van der Waals surface area contributed by atoms with Crippen LogP contribution in [0.4, 0.5) is 18.9 Å². The minimum absolute atomic E-state index is 0.241. The maximum absolute atomic E-state index is 11.9. The van der Waals surface area contributed by atoms with Crippen molar-refractivity contribution in [3.63, 3.8) is 0 Å². The second kappa shape index (κ2) is 5.60. The van der Waals surface area contributed by atoms with Crippen LogP contribution in [0.5, 0.6) is 5.75 Å². The van der Waals surface area contributed by atoms with Crippen molar-refractivity contribution >= 4 is 5.69 Å². The number of nitrogens with one attached hydrogen (secondary N) is 1. The van der Waals surface area contributed by atoms with E-state index < -0.39 is 6.36 Å². The molecule has 16 heavy (non-hydrogen) atoms. The minimum atomic E-state index is -4.66. The second-order valence-electron chi connectivity index (χ2n) is 3.00. The Balaban J connectivity index is 2.57. The van der Waals surface area contributed by atoms with Gasteiger partial charge in [-0.1, -0.05) is 6.07 Å². The van der Waals surface area contributed by atoms with E-state index in [2.05, 4.69) is 10.1 Å². The van der Waals surface area contributed by atoms with Gasteiger partial charge in [-0.25, -0.2) is 0 Å². The van der Waals surface area contributed by atoms with Gasteiger partial charge in [0.15, 0.2) is 0 Å². The molecule has 0 bridgehead atoms. The quantitative estimate of drug-likeness (QED) is 0.796. The van der Waals surface area contributed by atoms with Crippen molar-refractivity contribution in [1.29, 1.82) is 0 Å². The lowest BCUT2D eigenvalue weighted by Crippen LogP contribution is -2.17. The molecule has 1 N–H and O–H groups in total. The van der Waals surface area contributed by atoms with Gasteiger partial charge in [-0.2, -0.15) is 0 Å². The molecule has 0 heterocycles. The highest BCUT2D eigenvalue weighted by molar-refractivity contribution is 5.48. The molecule has 0 saturated heterocycles. The zero-order valence-corrected chi connectivity index (χ0v) is 8.67. The van der Waals surface area contributed by atoms with Crippen LogP contribution >= 0.6 is 0 Å². The first-order valence-electron chi connectivity index (χ1n) is 4.60. The van der Waals surface area contributed by atoms with Gasteiger partial charge < -0.3 is 14.8 Å². The van der Waals surface area contributed by atoms with Crippen LogP contribution in [0.25, 0.3) is 0 Å². The highest BCUT2D eigenvalue weighted by atomic mass is 19.4. The summed E-state index contributed by atoms with van der Waals surface area (Å²) in [4.78, 5) is 0. The van der Waals surface area contributed by atoms with E-state index in [1.54, 1.807) is 13.2 Å². The fourth-order valence-electron chi connectivity index (χ4n) is 1.10. The van der Waals surface area contributed by atoms with Crippen LogP contribution in [0.2, 0.25) is 0 Å². The molecule has 90 valence electrons. The summed E-state index contributed by atoms with van der Waals surface area (Å²) in [5.41, 5.74) is 0.554. The van der Waals surface area contributed by atoms with Crippen LogP contribution in [0, 0.1) is 0 Å². The Hall–Kier alpha value is -1.43. The summed E-state index contributed by atoms with van der Waals surface area (Å²) >= 11 is 0. The van der Waals surface area contributed by atoms with E-state index in [-0.39, 0.29) is 5.75 Å². The topological polar surface area (TPSA) is 30.5 Å². The number of anilines is 1. The summed E-state index contributed by atoms with van der Waals surface area (Å²) in [6.07, 6.45) is -4.66. The molecule has 1 rings (SSSR count). The molecule has 0 amide bonds. The third-order valence-electron chi connectivity index (χ3n) is 1.70. The van der Waals surface area contributed by atoms with Crippen LogP contribution in [0.1, 0.15) is 0 Å². The molecule has 0 aromatic heterocycles. The van der Waals surface area contributed by atoms with Crippen molar-refractivity contribution in [2.75, 3.05) is 25.6 Å². The van der Waals surface area contributed by atoms with Gasteiger partial charge in [-0.15, -0.1) is 13.2 Å². The van der Waals surface area contributed by atoms with Crippen molar-refractivity contribution in [2.24, 2.45) is 0 Å². The largest absolute Gasteiger partial charge is 0.573 e. The van der Waals surface area contributed by atoms with Crippen molar-refractivity contribution in [1.82, 2.24) is 0 Å². The molecule has 0 fully saturated rings. The molecule has 3 nitrogen and oxygen atoms in total. The number of benzene rings is 1. The van der Waals surface area contributed by atoms with Crippen LogP contribution in [0.15, 0.2) is 24.3 Å². The number of hydrogen-bond donors (Lipinski definition) is 1. The normalized spacial score (nSPS) is 11.2. The summed E-state index contributed by atoms with van der Waals surface area (Å²) in [5.74, 6) is -0.241. The molecule has 0 saturated carbocycles. The summed E-state index contributed by atoms with van der Waals surface area (Å²) in [6, 6.07) is 5.66. The van der Waals surface area contributed by atoms with Gasteiger partial charge in [-0.05, 0) is 12.1 Å². The summed E-state index contributed by atoms with van der Waals surface area (Å²) < 4.78 is 44.3. The Morgan fingerprint density at radius 1 is 1.31 bits per heavy atom. The SMILES string of the molecule is COCCNc1cccc(OC(F)(F)F)c1. The van der Waals surface area contributed by atoms with Crippen molar-refractivity contribution in [2.45, 2.75) is 6.36 Å².